The van der Waals surface area contributed by atoms with E-state index in [0.717, 1.165) is 6.07 Å². The maximum Gasteiger partial charge on any atom is 0.336 e. The second-order valence-corrected chi connectivity index (χ2v) is 7.10. The number of hydrogen-bond donors (Lipinski definition) is 0. The molecule has 0 N–H and O–H groups in total. The Hall–Kier alpha value is -3.09. The van der Waals surface area contributed by atoms with Crippen LogP contribution in [0.3, 0.4) is 0 Å². The maximum atomic E-state index is 14.5. The number of nitrogens with zero attached hydrogens (tertiary/aromatic N) is 1. The smallest absolute Gasteiger partial charge is 0.336 e. The van der Waals surface area contributed by atoms with Gasteiger partial charge in [0.05, 0.1) is 18.1 Å². The number of fused-ring (bicyclic) bond motifs is 1. The highest BCUT2D eigenvalue weighted by molar-refractivity contribution is 6.09. The lowest BCUT2D eigenvalue weighted by atomic mass is 9.73. The number of rotatable bonds is 4. The molecule has 0 aliphatic carbocycles. The molecule has 1 aliphatic rings. The fourth-order valence-corrected chi connectivity index (χ4v) is 3.98. The molecular weight excluding hydrogens is 377 g/mol. The molecule has 2 aromatic rings. The van der Waals surface area contributed by atoms with Crippen LogP contribution in [0.25, 0.3) is 11.0 Å². The summed E-state index contributed by atoms with van der Waals surface area (Å²) < 4.78 is 25.4. The first-order chi connectivity index (χ1) is 13.7. The molecule has 6 nitrogen and oxygen atoms in total. The van der Waals surface area contributed by atoms with E-state index in [1.165, 1.54) is 19.1 Å². The topological polar surface area (TPSA) is 85.9 Å². The SMILES string of the molecule is CCOC(=O)C1=C(C)N=C(C)C(C(C)=O)C1c1ccc(F)c2c(=O)cc(C)oc12. The van der Waals surface area contributed by atoms with E-state index in [1.807, 2.05) is 0 Å². The zero-order valence-electron chi connectivity index (χ0n) is 17.0. The molecule has 29 heavy (non-hydrogen) atoms. The van der Waals surface area contributed by atoms with Gasteiger partial charge in [0.1, 0.15) is 28.3 Å². The van der Waals surface area contributed by atoms with Crippen LogP contribution in [0.1, 0.15) is 44.9 Å². The van der Waals surface area contributed by atoms with Crippen LogP contribution in [-0.4, -0.2) is 24.1 Å². The molecule has 1 aliphatic heterocycles. The normalized spacial score (nSPS) is 19.3. The fourth-order valence-electron chi connectivity index (χ4n) is 3.98. The van der Waals surface area contributed by atoms with Crippen LogP contribution in [0.15, 0.2) is 43.7 Å². The predicted octanol–water partition coefficient (Wildman–Crippen LogP) is 3.84. The van der Waals surface area contributed by atoms with Gasteiger partial charge in [-0.25, -0.2) is 9.18 Å². The summed E-state index contributed by atoms with van der Waals surface area (Å²) in [5.41, 5.74) is 1.02. The Morgan fingerprint density at radius 2 is 1.93 bits per heavy atom. The van der Waals surface area contributed by atoms with Crippen molar-refractivity contribution in [2.75, 3.05) is 6.61 Å². The molecule has 1 aromatic carbocycles. The second-order valence-electron chi connectivity index (χ2n) is 7.10. The van der Waals surface area contributed by atoms with Gasteiger partial charge in [0.25, 0.3) is 0 Å². The quantitative estimate of drug-likeness (QED) is 0.729. The molecule has 1 aromatic heterocycles. The van der Waals surface area contributed by atoms with E-state index in [0.29, 0.717) is 22.7 Å². The Balaban J connectivity index is 2.40. The highest BCUT2D eigenvalue weighted by Crippen LogP contribution is 2.42. The van der Waals surface area contributed by atoms with Crippen molar-refractivity contribution in [2.24, 2.45) is 10.9 Å². The van der Waals surface area contributed by atoms with Gasteiger partial charge < -0.3 is 9.15 Å². The molecule has 0 saturated carbocycles. The van der Waals surface area contributed by atoms with Crippen molar-refractivity contribution in [3.8, 4) is 0 Å². The van der Waals surface area contributed by atoms with Crippen LogP contribution in [0.4, 0.5) is 4.39 Å². The summed E-state index contributed by atoms with van der Waals surface area (Å²) >= 11 is 0. The molecule has 0 fully saturated rings. The van der Waals surface area contributed by atoms with Gasteiger partial charge in [0.2, 0.25) is 0 Å². The van der Waals surface area contributed by atoms with Crippen molar-refractivity contribution < 1.29 is 23.1 Å². The van der Waals surface area contributed by atoms with Gasteiger partial charge in [-0.05, 0) is 40.7 Å². The summed E-state index contributed by atoms with van der Waals surface area (Å²) in [6, 6.07) is 3.81. The van der Waals surface area contributed by atoms with Crippen LogP contribution in [0.5, 0.6) is 0 Å². The van der Waals surface area contributed by atoms with Gasteiger partial charge in [-0.15, -0.1) is 0 Å². The zero-order valence-corrected chi connectivity index (χ0v) is 17.0. The van der Waals surface area contributed by atoms with Gasteiger partial charge in [-0.1, -0.05) is 6.07 Å². The molecule has 0 spiro atoms. The third kappa shape index (κ3) is 3.52. The highest BCUT2D eigenvalue weighted by Gasteiger charge is 2.41. The molecule has 0 bridgehead atoms. The third-order valence-corrected chi connectivity index (χ3v) is 5.08. The Morgan fingerprint density at radius 3 is 2.55 bits per heavy atom. The predicted molar refractivity (Wildman–Crippen MR) is 107 cm³/mol. The summed E-state index contributed by atoms with van der Waals surface area (Å²) in [5.74, 6) is -2.82. The number of aryl methyl sites for hydroxylation is 1. The average Bonchev–Trinajstić information content (AvgIpc) is 2.60. The van der Waals surface area contributed by atoms with Crippen molar-refractivity contribution in [2.45, 2.75) is 40.5 Å². The Morgan fingerprint density at radius 1 is 1.24 bits per heavy atom. The van der Waals surface area contributed by atoms with Gasteiger partial charge >= 0.3 is 5.97 Å². The van der Waals surface area contributed by atoms with Crippen molar-refractivity contribution in [1.29, 1.82) is 0 Å². The van der Waals surface area contributed by atoms with Crippen molar-refractivity contribution in [1.82, 2.24) is 0 Å². The van der Waals surface area contributed by atoms with Crippen molar-refractivity contribution >= 4 is 28.4 Å². The number of ketones is 1. The molecule has 0 amide bonds. The summed E-state index contributed by atoms with van der Waals surface area (Å²) in [7, 11) is 0. The van der Waals surface area contributed by atoms with Crippen LogP contribution < -0.4 is 5.43 Å². The molecule has 7 heteroatoms. The van der Waals surface area contributed by atoms with Crippen LogP contribution in [0, 0.1) is 18.7 Å². The van der Waals surface area contributed by atoms with Crippen LogP contribution >= 0.6 is 0 Å². The Labute approximate surface area is 167 Å². The van der Waals surface area contributed by atoms with E-state index in [4.69, 9.17) is 9.15 Å². The van der Waals surface area contributed by atoms with E-state index in [-0.39, 0.29) is 28.9 Å². The van der Waals surface area contributed by atoms with Gasteiger partial charge in [0.15, 0.2) is 5.43 Å². The fraction of sp³-hybridized carbons (Fsp3) is 0.364. The van der Waals surface area contributed by atoms with E-state index >= 15 is 0 Å². The summed E-state index contributed by atoms with van der Waals surface area (Å²) in [4.78, 5) is 42.1. The second kappa shape index (κ2) is 7.73. The number of hydrogen-bond acceptors (Lipinski definition) is 6. The van der Waals surface area contributed by atoms with E-state index in [2.05, 4.69) is 4.99 Å². The number of aliphatic imine (C=N–C) groups is 1. The standard InChI is InChI=1S/C22H22FNO5/c1-6-28-22(27)18-12(4)24-11(3)17(13(5)25)19(18)14-7-8-15(23)20-16(26)9-10(2)29-21(14)20/h7-9,17,19H,6H2,1-5H3. The van der Waals surface area contributed by atoms with Gasteiger partial charge in [-0.3, -0.25) is 14.6 Å². The molecule has 0 radical (unpaired) electrons. The average molecular weight is 399 g/mol. The lowest BCUT2D eigenvalue weighted by molar-refractivity contribution is -0.139. The minimum Gasteiger partial charge on any atom is -0.463 e. The van der Waals surface area contributed by atoms with Crippen molar-refractivity contribution in [3.05, 3.63) is 56.8 Å². The number of esters is 1. The maximum absolute atomic E-state index is 14.5. The first-order valence-electron chi connectivity index (χ1n) is 9.33. The first-order valence-corrected chi connectivity index (χ1v) is 9.33. The van der Waals surface area contributed by atoms with Gasteiger partial charge in [0, 0.05) is 29.0 Å². The number of carbonyl (C=O) groups is 2. The Bertz CT molecular complexity index is 1140. The number of carbonyl (C=O) groups excluding carboxylic acids is 2. The van der Waals surface area contributed by atoms with Crippen LogP contribution in [-0.2, 0) is 14.3 Å². The lowest BCUT2D eigenvalue weighted by Crippen LogP contribution is -2.34. The number of Topliss-reactive ketones (excluding diaryl/α,β-unsaturated/α-hetero) is 1. The summed E-state index contributed by atoms with van der Waals surface area (Å²) in [6.45, 7) is 8.18. The molecule has 2 unspecified atom stereocenters. The molecule has 2 atom stereocenters. The highest BCUT2D eigenvalue weighted by atomic mass is 19.1. The lowest BCUT2D eigenvalue weighted by Gasteiger charge is -2.31. The molecule has 152 valence electrons. The number of halogens is 1. The van der Waals surface area contributed by atoms with Gasteiger partial charge in [-0.2, -0.15) is 0 Å². The Kier molecular flexibility index (Phi) is 5.50. The molecule has 3 rings (SSSR count). The van der Waals surface area contributed by atoms with E-state index < -0.39 is 29.1 Å². The molecule has 2 heterocycles. The zero-order chi connectivity index (χ0) is 21.5. The molecule has 0 saturated heterocycles. The number of allylic oxidation sites excluding steroid dienone is 1. The minimum atomic E-state index is -0.808. The third-order valence-electron chi connectivity index (χ3n) is 5.08. The number of ether oxygens (including phenoxy) is 1. The first kappa shape index (κ1) is 20.6. The largest absolute Gasteiger partial charge is 0.463 e. The summed E-state index contributed by atoms with van der Waals surface area (Å²) in [6.07, 6.45) is 0. The van der Waals surface area contributed by atoms with E-state index in [1.54, 1.807) is 27.7 Å². The summed E-state index contributed by atoms with van der Waals surface area (Å²) in [5, 5.41) is -0.212. The minimum absolute atomic E-state index is 0.0237. The number of benzene rings is 1. The van der Waals surface area contributed by atoms with E-state index in [9.17, 15) is 18.8 Å². The van der Waals surface area contributed by atoms with Crippen molar-refractivity contribution in [3.63, 3.8) is 0 Å². The molecular formula is C22H22FNO5. The monoisotopic (exact) mass is 399 g/mol. The van der Waals surface area contributed by atoms with Crippen LogP contribution in [0.2, 0.25) is 0 Å².